The highest BCUT2D eigenvalue weighted by Crippen LogP contribution is 2.21. The third-order valence-electron chi connectivity index (χ3n) is 3.48. The van der Waals surface area contributed by atoms with E-state index in [1.54, 1.807) is 23.3 Å². The van der Waals surface area contributed by atoms with E-state index in [-0.39, 0.29) is 17.9 Å². The molecule has 0 saturated carbocycles. The monoisotopic (exact) mass is 400 g/mol. The number of aromatic nitrogens is 2. The Morgan fingerprint density at radius 3 is 2.57 bits per heavy atom. The van der Waals surface area contributed by atoms with Crippen LogP contribution in [0, 0.1) is 0 Å². The van der Waals surface area contributed by atoms with Crippen LogP contribution in [0.3, 0.4) is 0 Å². The molecule has 9 heteroatoms. The van der Waals surface area contributed by atoms with Gasteiger partial charge < -0.3 is 5.73 Å². The van der Waals surface area contributed by atoms with Gasteiger partial charge in [-0.25, -0.2) is 4.79 Å². The summed E-state index contributed by atoms with van der Waals surface area (Å²) >= 11 is 4.96. The van der Waals surface area contributed by atoms with Crippen LogP contribution in [-0.2, 0) is 20.6 Å². The van der Waals surface area contributed by atoms with Crippen molar-refractivity contribution in [1.29, 1.82) is 0 Å². The van der Waals surface area contributed by atoms with Gasteiger partial charge in [0.25, 0.3) is 5.56 Å². The summed E-state index contributed by atoms with van der Waals surface area (Å²) in [5.74, 6) is -0.509. The Morgan fingerprint density at radius 2 is 2.00 bits per heavy atom. The molecule has 0 aliphatic rings. The van der Waals surface area contributed by atoms with E-state index >= 15 is 0 Å². The van der Waals surface area contributed by atoms with E-state index in [1.165, 1.54) is 14.1 Å². The lowest BCUT2D eigenvalue weighted by molar-refractivity contribution is 0.0941. The number of hydrogen-bond acceptors (Lipinski definition) is 6. The van der Waals surface area contributed by atoms with Gasteiger partial charge in [0.05, 0.1) is 10.3 Å². The molecule has 0 aliphatic heterocycles. The van der Waals surface area contributed by atoms with Gasteiger partial charge in [0, 0.05) is 20.6 Å². The second kappa shape index (κ2) is 6.81. The molecule has 0 amide bonds. The van der Waals surface area contributed by atoms with Gasteiger partial charge in [0.1, 0.15) is 11.4 Å². The number of carbonyl (C=O) groups is 1. The van der Waals surface area contributed by atoms with E-state index in [0.29, 0.717) is 6.54 Å². The number of thiophene rings is 1. The lowest BCUT2D eigenvalue weighted by Crippen LogP contribution is -2.43. The van der Waals surface area contributed by atoms with Gasteiger partial charge in [-0.3, -0.25) is 23.6 Å². The molecule has 23 heavy (non-hydrogen) atoms. The molecule has 7 nitrogen and oxygen atoms in total. The van der Waals surface area contributed by atoms with Crippen LogP contribution in [0.15, 0.2) is 24.8 Å². The van der Waals surface area contributed by atoms with E-state index < -0.39 is 17.0 Å². The Labute approximate surface area is 145 Å². The largest absolute Gasteiger partial charge is 0.384 e. The topological polar surface area (TPSA) is 90.3 Å². The quantitative estimate of drug-likeness (QED) is 0.749. The third-order valence-corrected chi connectivity index (χ3v) is 5.03. The molecule has 2 rings (SSSR count). The maximum absolute atomic E-state index is 12.5. The Balaban J connectivity index is 2.24. The average molecular weight is 401 g/mol. The fraction of sp³-hybridized carbons (Fsp3) is 0.357. The zero-order chi connectivity index (χ0) is 17.3. The normalized spacial score (nSPS) is 11.2. The first kappa shape index (κ1) is 17.6. The molecule has 0 radical (unpaired) electrons. The fourth-order valence-corrected chi connectivity index (χ4v) is 3.44. The number of halogens is 1. The SMILES string of the molecule is CN(CC(=O)c1c(N)n(C)c(=O)n(C)c1=O)Cc1csc(Br)c1. The minimum absolute atomic E-state index is 0.0328. The number of anilines is 1. The van der Waals surface area contributed by atoms with Gasteiger partial charge in [-0.05, 0) is 40.0 Å². The van der Waals surface area contributed by atoms with Gasteiger partial charge in [-0.1, -0.05) is 0 Å². The summed E-state index contributed by atoms with van der Waals surface area (Å²) in [4.78, 5) is 38.2. The second-order valence-corrected chi connectivity index (χ2v) is 7.61. The summed E-state index contributed by atoms with van der Waals surface area (Å²) in [5, 5.41) is 1.99. The molecular formula is C14H17BrN4O3S. The van der Waals surface area contributed by atoms with Crippen molar-refractivity contribution in [2.75, 3.05) is 19.3 Å². The van der Waals surface area contributed by atoms with Crippen LogP contribution >= 0.6 is 27.3 Å². The number of carbonyl (C=O) groups excluding carboxylic acids is 1. The summed E-state index contributed by atoms with van der Waals surface area (Å²) in [6.45, 7) is 0.602. The number of rotatable bonds is 5. The molecule has 0 bridgehead atoms. The molecule has 0 fully saturated rings. The molecule has 2 heterocycles. The Bertz CT molecular complexity index is 868. The number of nitrogens with zero attached hydrogens (tertiary/aromatic N) is 3. The van der Waals surface area contributed by atoms with Crippen molar-refractivity contribution in [1.82, 2.24) is 14.0 Å². The maximum Gasteiger partial charge on any atom is 0.332 e. The summed E-state index contributed by atoms with van der Waals surface area (Å²) in [5.41, 5.74) is 5.49. The zero-order valence-corrected chi connectivity index (χ0v) is 15.4. The van der Waals surface area contributed by atoms with Gasteiger partial charge in [0.15, 0.2) is 5.78 Å². The molecule has 2 aromatic heterocycles. The van der Waals surface area contributed by atoms with Crippen LogP contribution in [0.5, 0.6) is 0 Å². The minimum Gasteiger partial charge on any atom is -0.384 e. The highest BCUT2D eigenvalue weighted by molar-refractivity contribution is 9.11. The summed E-state index contributed by atoms with van der Waals surface area (Å²) in [7, 11) is 4.54. The first-order chi connectivity index (χ1) is 10.7. The number of nitrogens with two attached hydrogens (primary N) is 1. The van der Waals surface area contributed by atoms with Crippen LogP contribution in [0.4, 0.5) is 5.82 Å². The molecule has 124 valence electrons. The first-order valence-corrected chi connectivity index (χ1v) is 8.39. The predicted molar refractivity (Wildman–Crippen MR) is 94.0 cm³/mol. The van der Waals surface area contributed by atoms with Gasteiger partial charge in [-0.2, -0.15) is 0 Å². The van der Waals surface area contributed by atoms with Gasteiger partial charge in [-0.15, -0.1) is 11.3 Å². The number of Topliss-reactive ketones (excluding diaryl/α,β-unsaturated/α-hetero) is 1. The smallest absolute Gasteiger partial charge is 0.332 e. The Kier molecular flexibility index (Phi) is 5.23. The van der Waals surface area contributed by atoms with E-state index in [4.69, 9.17) is 5.73 Å². The number of hydrogen-bond donors (Lipinski definition) is 1. The van der Waals surface area contributed by atoms with Crippen LogP contribution < -0.4 is 17.0 Å². The standard InChI is InChI=1S/C14H17BrN4O3S/c1-17(5-8-4-10(15)23-7-8)6-9(20)11-12(16)18(2)14(22)19(3)13(11)21/h4,7H,5-6,16H2,1-3H3. The third kappa shape index (κ3) is 3.62. The van der Waals surface area contributed by atoms with Crippen molar-refractivity contribution in [3.05, 3.63) is 47.2 Å². The predicted octanol–water partition coefficient (Wildman–Crippen LogP) is 0.805. The van der Waals surface area contributed by atoms with E-state index in [2.05, 4.69) is 15.9 Å². The van der Waals surface area contributed by atoms with Crippen molar-refractivity contribution < 1.29 is 4.79 Å². The number of nitrogen functional groups attached to an aromatic ring is 1. The zero-order valence-electron chi connectivity index (χ0n) is 13.0. The first-order valence-electron chi connectivity index (χ1n) is 6.72. The average Bonchev–Trinajstić information content (AvgIpc) is 2.88. The molecule has 0 aliphatic carbocycles. The molecule has 0 spiro atoms. The van der Waals surface area contributed by atoms with E-state index in [1.807, 2.05) is 11.4 Å². The van der Waals surface area contributed by atoms with Crippen molar-refractivity contribution >= 4 is 38.9 Å². The van der Waals surface area contributed by atoms with Crippen molar-refractivity contribution in [3.8, 4) is 0 Å². The summed E-state index contributed by atoms with van der Waals surface area (Å²) < 4.78 is 3.01. The second-order valence-electron chi connectivity index (χ2n) is 5.32. The lowest BCUT2D eigenvalue weighted by Gasteiger charge is -2.16. The summed E-state index contributed by atoms with van der Waals surface area (Å²) in [6, 6.07) is 1.98. The van der Waals surface area contributed by atoms with Crippen molar-refractivity contribution in [2.45, 2.75) is 6.54 Å². The Hall–Kier alpha value is -1.71. The minimum atomic E-state index is -0.665. The van der Waals surface area contributed by atoms with E-state index in [0.717, 1.165) is 18.5 Å². The van der Waals surface area contributed by atoms with E-state index in [9.17, 15) is 14.4 Å². The van der Waals surface area contributed by atoms with Gasteiger partial charge >= 0.3 is 5.69 Å². The number of ketones is 1. The summed E-state index contributed by atoms with van der Waals surface area (Å²) in [6.07, 6.45) is 0. The molecule has 2 aromatic rings. The molecule has 0 saturated heterocycles. The van der Waals surface area contributed by atoms with Crippen LogP contribution in [0.1, 0.15) is 15.9 Å². The van der Waals surface area contributed by atoms with Crippen LogP contribution in [0.25, 0.3) is 0 Å². The van der Waals surface area contributed by atoms with Crippen molar-refractivity contribution in [3.63, 3.8) is 0 Å². The molecule has 0 aromatic carbocycles. The van der Waals surface area contributed by atoms with Crippen molar-refractivity contribution in [2.24, 2.45) is 14.1 Å². The molecular weight excluding hydrogens is 384 g/mol. The molecule has 0 unspecified atom stereocenters. The molecule has 0 atom stereocenters. The fourth-order valence-electron chi connectivity index (χ4n) is 2.24. The van der Waals surface area contributed by atoms with Crippen LogP contribution in [-0.4, -0.2) is 33.4 Å². The lowest BCUT2D eigenvalue weighted by atomic mass is 10.1. The highest BCUT2D eigenvalue weighted by Gasteiger charge is 2.21. The maximum atomic E-state index is 12.5. The Morgan fingerprint density at radius 1 is 1.35 bits per heavy atom. The number of likely N-dealkylation sites (N-methyl/N-ethyl adjacent to an activating group) is 1. The highest BCUT2D eigenvalue weighted by atomic mass is 79.9. The van der Waals surface area contributed by atoms with Gasteiger partial charge in [0.2, 0.25) is 0 Å². The van der Waals surface area contributed by atoms with Crippen LogP contribution in [0.2, 0.25) is 0 Å². The molecule has 2 N–H and O–H groups in total.